The molecule has 240 valence electrons. The summed E-state index contributed by atoms with van der Waals surface area (Å²) in [6.45, 7) is 0. The summed E-state index contributed by atoms with van der Waals surface area (Å²) in [5, 5.41) is 6.29. The number of benzene rings is 5. The molecule has 4 nitrogen and oxygen atoms in total. The minimum atomic E-state index is -0.384. The molecule has 0 saturated heterocycles. The first-order valence-electron chi connectivity index (χ1n) is 17.3. The summed E-state index contributed by atoms with van der Waals surface area (Å²) in [6.07, 6.45) is 11.7. The van der Waals surface area contributed by atoms with Crippen molar-refractivity contribution >= 4 is 56.2 Å². The van der Waals surface area contributed by atoms with E-state index in [0.717, 1.165) is 64.5 Å². The standard InChI is InChI=1S/C45H33N3OS/c1-3-12-28(13-4-1)30-16-11-17-32(24-30)44-46-43(29-14-5-2-6-15-29)47-45(48-44)33-25-37(42-36-19-7-9-20-38(36)49-39(42)26-33)31-22-23-35-34-18-8-10-21-40(34)50-41(35)27-31/h1-6,8-18,20-26,31,43H,7,19,27H2,(H,46,47,48). The number of furan rings is 1. The third-order valence-electron chi connectivity index (χ3n) is 10.1. The highest BCUT2D eigenvalue weighted by atomic mass is 32.1. The predicted octanol–water partition coefficient (Wildman–Crippen LogP) is 11.1. The van der Waals surface area contributed by atoms with Gasteiger partial charge in [-0.05, 0) is 82.8 Å². The van der Waals surface area contributed by atoms with Gasteiger partial charge in [0.25, 0.3) is 0 Å². The summed E-state index contributed by atoms with van der Waals surface area (Å²) < 4.78 is 7.99. The van der Waals surface area contributed by atoms with Crippen molar-refractivity contribution in [3.63, 3.8) is 0 Å². The summed E-state index contributed by atoms with van der Waals surface area (Å²) in [5.41, 5.74) is 10.3. The largest absolute Gasteiger partial charge is 0.456 e. The van der Waals surface area contributed by atoms with E-state index in [1.165, 1.54) is 42.6 Å². The minimum Gasteiger partial charge on any atom is -0.456 e. The number of hydrogen-bond donors (Lipinski definition) is 1. The molecule has 2 unspecified atom stereocenters. The molecule has 0 fully saturated rings. The van der Waals surface area contributed by atoms with Crippen LogP contribution in [0.15, 0.2) is 148 Å². The van der Waals surface area contributed by atoms with E-state index >= 15 is 0 Å². The van der Waals surface area contributed by atoms with Gasteiger partial charge < -0.3 is 9.73 Å². The number of fused-ring (bicyclic) bond motifs is 6. The Hall–Kier alpha value is -5.78. The second-order valence-corrected chi connectivity index (χ2v) is 14.4. The average molecular weight is 664 g/mol. The molecule has 5 heteroatoms. The quantitative estimate of drug-likeness (QED) is 0.199. The average Bonchev–Trinajstić information content (AvgIpc) is 3.76. The van der Waals surface area contributed by atoms with Crippen molar-refractivity contribution in [2.45, 2.75) is 31.3 Å². The molecule has 10 rings (SSSR count). The van der Waals surface area contributed by atoms with Gasteiger partial charge in [0.2, 0.25) is 0 Å². The smallest absolute Gasteiger partial charge is 0.169 e. The van der Waals surface area contributed by atoms with Gasteiger partial charge in [0.1, 0.15) is 23.0 Å². The van der Waals surface area contributed by atoms with Crippen LogP contribution in [0.4, 0.5) is 0 Å². The van der Waals surface area contributed by atoms with E-state index in [4.69, 9.17) is 14.4 Å². The second kappa shape index (κ2) is 12.0. The second-order valence-electron chi connectivity index (χ2n) is 13.2. The maximum atomic E-state index is 6.64. The molecule has 7 aromatic rings. The molecule has 2 aliphatic carbocycles. The fourth-order valence-electron chi connectivity index (χ4n) is 7.71. The zero-order chi connectivity index (χ0) is 33.0. The number of thiophene rings is 1. The summed E-state index contributed by atoms with van der Waals surface area (Å²) in [5.74, 6) is 2.80. The topological polar surface area (TPSA) is 49.9 Å². The number of aliphatic imine (C=N–C) groups is 2. The number of nitrogens with zero attached hydrogens (tertiary/aromatic N) is 2. The lowest BCUT2D eigenvalue weighted by Gasteiger charge is -2.24. The first-order chi connectivity index (χ1) is 24.7. The maximum absolute atomic E-state index is 6.64. The molecule has 3 heterocycles. The van der Waals surface area contributed by atoms with E-state index in [0.29, 0.717) is 0 Å². The van der Waals surface area contributed by atoms with Crippen molar-refractivity contribution in [1.29, 1.82) is 0 Å². The normalized spacial score (nSPS) is 18.0. The van der Waals surface area contributed by atoms with Gasteiger partial charge in [0.15, 0.2) is 6.17 Å². The van der Waals surface area contributed by atoms with Crippen molar-refractivity contribution in [3.05, 3.63) is 177 Å². The van der Waals surface area contributed by atoms with Gasteiger partial charge in [-0.3, -0.25) is 0 Å². The monoisotopic (exact) mass is 663 g/mol. The summed E-state index contributed by atoms with van der Waals surface area (Å²) >= 11 is 1.92. The van der Waals surface area contributed by atoms with Crippen LogP contribution in [0.3, 0.4) is 0 Å². The molecule has 0 spiro atoms. The maximum Gasteiger partial charge on any atom is 0.169 e. The van der Waals surface area contributed by atoms with Gasteiger partial charge in [-0.15, -0.1) is 11.3 Å². The van der Waals surface area contributed by atoms with E-state index in [1.54, 1.807) is 0 Å². The molecule has 5 aromatic carbocycles. The van der Waals surface area contributed by atoms with Crippen LogP contribution in [-0.2, 0) is 12.8 Å². The summed E-state index contributed by atoms with van der Waals surface area (Å²) in [6, 6.07) is 42.8. The van der Waals surface area contributed by atoms with E-state index < -0.39 is 0 Å². The molecule has 2 aromatic heterocycles. The lowest BCUT2D eigenvalue weighted by atomic mass is 9.84. The third kappa shape index (κ3) is 5.05. The number of aryl methyl sites for hydroxylation is 1. The number of nitrogens with one attached hydrogen (secondary N) is 1. The number of allylic oxidation sites excluding steroid dienone is 2. The fraction of sp³-hybridized carbons (Fsp3) is 0.111. The molecular formula is C45H33N3OS. The van der Waals surface area contributed by atoms with Crippen molar-refractivity contribution in [1.82, 2.24) is 5.32 Å². The minimum absolute atomic E-state index is 0.218. The lowest BCUT2D eigenvalue weighted by molar-refractivity contribution is 0.595. The van der Waals surface area contributed by atoms with E-state index in [2.05, 4.69) is 145 Å². The van der Waals surface area contributed by atoms with Gasteiger partial charge in [-0.25, -0.2) is 9.98 Å². The molecule has 0 amide bonds. The van der Waals surface area contributed by atoms with Crippen molar-refractivity contribution in [2.24, 2.45) is 9.98 Å². The van der Waals surface area contributed by atoms with Crippen LogP contribution in [0.2, 0.25) is 0 Å². The van der Waals surface area contributed by atoms with Gasteiger partial charge >= 0.3 is 0 Å². The predicted molar refractivity (Wildman–Crippen MR) is 208 cm³/mol. The van der Waals surface area contributed by atoms with E-state index in [9.17, 15) is 0 Å². The molecule has 1 N–H and O–H groups in total. The molecule has 2 atom stereocenters. The van der Waals surface area contributed by atoms with Crippen LogP contribution in [0, 0.1) is 0 Å². The Morgan fingerprint density at radius 1 is 0.700 bits per heavy atom. The van der Waals surface area contributed by atoms with E-state index in [1.807, 2.05) is 17.4 Å². The van der Waals surface area contributed by atoms with Crippen LogP contribution >= 0.6 is 11.3 Å². The molecule has 3 aliphatic rings. The number of amidine groups is 2. The van der Waals surface area contributed by atoms with Crippen molar-refractivity contribution < 1.29 is 4.42 Å². The fourth-order valence-corrected chi connectivity index (χ4v) is 8.96. The van der Waals surface area contributed by atoms with Crippen molar-refractivity contribution in [2.75, 3.05) is 0 Å². The first kappa shape index (κ1) is 29.2. The Morgan fingerprint density at radius 2 is 1.46 bits per heavy atom. The Morgan fingerprint density at radius 3 is 2.34 bits per heavy atom. The molecule has 0 saturated carbocycles. The Kier molecular flexibility index (Phi) is 6.98. The molecule has 0 bridgehead atoms. The van der Waals surface area contributed by atoms with Crippen molar-refractivity contribution in [3.8, 4) is 11.1 Å². The van der Waals surface area contributed by atoms with Gasteiger partial charge in [-0.1, -0.05) is 115 Å². The third-order valence-corrected chi connectivity index (χ3v) is 11.4. The molecule has 0 radical (unpaired) electrons. The number of hydrogen-bond acceptors (Lipinski definition) is 5. The van der Waals surface area contributed by atoms with Crippen LogP contribution in [-0.4, -0.2) is 11.7 Å². The highest BCUT2D eigenvalue weighted by molar-refractivity contribution is 7.19. The zero-order valence-electron chi connectivity index (χ0n) is 27.3. The SMILES string of the molecule is C1=Cc2oc3cc(C4=NC(c5ccccc5)N=C(c5cccc(-c6ccccc6)c5)N4)cc(C4C=Cc5c(sc6ccccc56)C4)c3c2CC1. The molecule has 1 aliphatic heterocycles. The molecular weight excluding hydrogens is 631 g/mol. The van der Waals surface area contributed by atoms with Crippen LogP contribution in [0.5, 0.6) is 0 Å². The Balaban J connectivity index is 1.10. The van der Waals surface area contributed by atoms with Crippen LogP contribution in [0.1, 0.15) is 62.5 Å². The highest BCUT2D eigenvalue weighted by Crippen LogP contribution is 2.44. The van der Waals surface area contributed by atoms with Gasteiger partial charge in [0, 0.05) is 37.6 Å². The lowest BCUT2D eigenvalue weighted by Crippen LogP contribution is -2.36. The van der Waals surface area contributed by atoms with Crippen LogP contribution in [0.25, 0.3) is 44.3 Å². The first-order valence-corrected chi connectivity index (χ1v) is 18.1. The van der Waals surface area contributed by atoms with Crippen LogP contribution < -0.4 is 5.32 Å². The van der Waals surface area contributed by atoms with E-state index in [-0.39, 0.29) is 12.1 Å². The Bertz CT molecular complexity index is 2550. The summed E-state index contributed by atoms with van der Waals surface area (Å²) in [4.78, 5) is 11.9. The highest BCUT2D eigenvalue weighted by Gasteiger charge is 2.28. The summed E-state index contributed by atoms with van der Waals surface area (Å²) in [7, 11) is 0. The van der Waals surface area contributed by atoms with Gasteiger partial charge in [-0.2, -0.15) is 0 Å². The molecule has 50 heavy (non-hydrogen) atoms. The Labute approximate surface area is 294 Å². The number of rotatable bonds is 5. The zero-order valence-corrected chi connectivity index (χ0v) is 28.2. The van der Waals surface area contributed by atoms with Gasteiger partial charge in [0.05, 0.1) is 0 Å².